The lowest BCUT2D eigenvalue weighted by molar-refractivity contribution is -0.0569. The molecule has 1 aliphatic carbocycles. The second-order valence-corrected chi connectivity index (χ2v) is 4.33. The Morgan fingerprint density at radius 1 is 0.900 bits per heavy atom. The standard InChI is InChI=1S/C10H20/c1-5-9(3)7-8-10(9,4)6-2/h5-8H2,1-4H3/t9-,10+. The fourth-order valence-corrected chi connectivity index (χ4v) is 2.19. The van der Waals surface area contributed by atoms with Gasteiger partial charge in [0.25, 0.3) is 0 Å². The van der Waals surface area contributed by atoms with Crippen molar-refractivity contribution in [3.05, 3.63) is 0 Å². The largest absolute Gasteiger partial charge is 0.0648 e. The third-order valence-electron chi connectivity index (χ3n) is 4.25. The summed E-state index contributed by atoms with van der Waals surface area (Å²) in [5, 5.41) is 0. The number of rotatable bonds is 2. The van der Waals surface area contributed by atoms with Crippen molar-refractivity contribution in [2.45, 2.75) is 53.4 Å². The first kappa shape index (κ1) is 8.10. The van der Waals surface area contributed by atoms with Crippen LogP contribution in [0.2, 0.25) is 0 Å². The molecule has 0 heteroatoms. The van der Waals surface area contributed by atoms with Gasteiger partial charge in [-0.15, -0.1) is 0 Å². The summed E-state index contributed by atoms with van der Waals surface area (Å²) in [6, 6.07) is 0. The molecule has 0 saturated heterocycles. The summed E-state index contributed by atoms with van der Waals surface area (Å²) in [6.07, 6.45) is 5.62. The molecule has 1 aliphatic rings. The maximum atomic E-state index is 2.44. The fraction of sp³-hybridized carbons (Fsp3) is 1.00. The van der Waals surface area contributed by atoms with Gasteiger partial charge in [0.05, 0.1) is 0 Å². The van der Waals surface area contributed by atoms with Crippen molar-refractivity contribution in [1.29, 1.82) is 0 Å². The third kappa shape index (κ3) is 0.810. The summed E-state index contributed by atoms with van der Waals surface area (Å²) in [4.78, 5) is 0. The summed E-state index contributed by atoms with van der Waals surface area (Å²) >= 11 is 0. The lowest BCUT2D eigenvalue weighted by atomic mass is 9.49. The highest BCUT2D eigenvalue weighted by Crippen LogP contribution is 2.60. The molecule has 1 saturated carbocycles. The van der Waals surface area contributed by atoms with E-state index in [-0.39, 0.29) is 0 Å². The molecule has 1 rings (SSSR count). The van der Waals surface area contributed by atoms with Crippen LogP contribution in [0.25, 0.3) is 0 Å². The maximum Gasteiger partial charge on any atom is -0.0274 e. The molecule has 0 bridgehead atoms. The Hall–Kier alpha value is 0. The lowest BCUT2D eigenvalue weighted by Gasteiger charge is -2.56. The maximum absolute atomic E-state index is 2.44. The van der Waals surface area contributed by atoms with Crippen molar-refractivity contribution < 1.29 is 0 Å². The Balaban J connectivity index is 2.64. The van der Waals surface area contributed by atoms with Crippen LogP contribution in [0.15, 0.2) is 0 Å². The molecule has 0 aromatic carbocycles. The van der Waals surface area contributed by atoms with Gasteiger partial charge in [0.2, 0.25) is 0 Å². The summed E-state index contributed by atoms with van der Waals surface area (Å²) in [5.41, 5.74) is 1.34. The van der Waals surface area contributed by atoms with Crippen LogP contribution in [0.4, 0.5) is 0 Å². The van der Waals surface area contributed by atoms with E-state index in [2.05, 4.69) is 27.7 Å². The van der Waals surface area contributed by atoms with E-state index in [4.69, 9.17) is 0 Å². The highest BCUT2D eigenvalue weighted by Gasteiger charge is 2.49. The van der Waals surface area contributed by atoms with Crippen LogP contribution in [0, 0.1) is 10.8 Å². The van der Waals surface area contributed by atoms with Crippen molar-refractivity contribution in [1.82, 2.24) is 0 Å². The van der Waals surface area contributed by atoms with Crippen LogP contribution in [0.5, 0.6) is 0 Å². The summed E-state index contributed by atoms with van der Waals surface area (Å²) in [7, 11) is 0. The quantitative estimate of drug-likeness (QED) is 0.549. The van der Waals surface area contributed by atoms with Crippen molar-refractivity contribution in [2.75, 3.05) is 0 Å². The fourth-order valence-electron chi connectivity index (χ4n) is 2.19. The van der Waals surface area contributed by atoms with Crippen LogP contribution in [-0.2, 0) is 0 Å². The van der Waals surface area contributed by atoms with E-state index in [0.29, 0.717) is 10.8 Å². The summed E-state index contributed by atoms with van der Waals surface area (Å²) < 4.78 is 0. The van der Waals surface area contributed by atoms with Crippen LogP contribution in [-0.4, -0.2) is 0 Å². The van der Waals surface area contributed by atoms with E-state index in [9.17, 15) is 0 Å². The van der Waals surface area contributed by atoms with E-state index in [1.54, 1.807) is 0 Å². The van der Waals surface area contributed by atoms with Gasteiger partial charge in [-0.3, -0.25) is 0 Å². The van der Waals surface area contributed by atoms with Gasteiger partial charge in [-0.2, -0.15) is 0 Å². The lowest BCUT2D eigenvalue weighted by Crippen LogP contribution is -2.46. The van der Waals surface area contributed by atoms with Crippen molar-refractivity contribution in [2.24, 2.45) is 10.8 Å². The van der Waals surface area contributed by atoms with Crippen molar-refractivity contribution in [3.63, 3.8) is 0 Å². The first-order chi connectivity index (χ1) is 4.58. The molecular weight excluding hydrogens is 120 g/mol. The molecule has 0 radical (unpaired) electrons. The molecule has 1 fully saturated rings. The second kappa shape index (κ2) is 2.25. The Kier molecular flexibility index (Phi) is 1.82. The predicted molar refractivity (Wildman–Crippen MR) is 46.0 cm³/mol. The summed E-state index contributed by atoms with van der Waals surface area (Å²) in [5.74, 6) is 0. The average molecular weight is 140 g/mol. The second-order valence-electron chi connectivity index (χ2n) is 4.33. The van der Waals surface area contributed by atoms with Crippen LogP contribution >= 0.6 is 0 Å². The molecule has 0 aromatic heterocycles. The molecule has 0 unspecified atom stereocenters. The van der Waals surface area contributed by atoms with E-state index < -0.39 is 0 Å². The van der Waals surface area contributed by atoms with Gasteiger partial charge in [0.15, 0.2) is 0 Å². The molecule has 0 nitrogen and oxygen atoms in total. The normalized spacial score (nSPS) is 46.8. The van der Waals surface area contributed by atoms with E-state index in [1.807, 2.05) is 0 Å². The number of hydrogen-bond donors (Lipinski definition) is 0. The van der Waals surface area contributed by atoms with Gasteiger partial charge in [-0.25, -0.2) is 0 Å². The predicted octanol–water partition coefficient (Wildman–Crippen LogP) is 3.61. The molecule has 0 heterocycles. The molecule has 60 valence electrons. The Morgan fingerprint density at radius 3 is 1.30 bits per heavy atom. The molecule has 0 amide bonds. The Morgan fingerprint density at radius 2 is 1.20 bits per heavy atom. The zero-order valence-corrected chi connectivity index (χ0v) is 7.83. The minimum atomic E-state index is 0.668. The van der Waals surface area contributed by atoms with Gasteiger partial charge in [0.1, 0.15) is 0 Å². The zero-order valence-electron chi connectivity index (χ0n) is 7.83. The first-order valence-corrected chi connectivity index (χ1v) is 4.58. The molecule has 2 atom stereocenters. The number of hydrogen-bond acceptors (Lipinski definition) is 0. The van der Waals surface area contributed by atoms with Crippen LogP contribution in [0.3, 0.4) is 0 Å². The van der Waals surface area contributed by atoms with E-state index in [1.165, 1.54) is 25.7 Å². The highest BCUT2D eigenvalue weighted by atomic mass is 14.5. The van der Waals surface area contributed by atoms with Gasteiger partial charge in [-0.05, 0) is 23.7 Å². The van der Waals surface area contributed by atoms with Gasteiger partial charge >= 0.3 is 0 Å². The molecule has 0 aromatic rings. The van der Waals surface area contributed by atoms with Gasteiger partial charge in [-0.1, -0.05) is 40.5 Å². The van der Waals surface area contributed by atoms with Crippen molar-refractivity contribution in [3.8, 4) is 0 Å². The van der Waals surface area contributed by atoms with E-state index >= 15 is 0 Å². The van der Waals surface area contributed by atoms with Crippen molar-refractivity contribution >= 4 is 0 Å². The molecular formula is C10H20. The molecule has 0 aliphatic heterocycles. The highest BCUT2D eigenvalue weighted by molar-refractivity contribution is 4.99. The minimum Gasteiger partial charge on any atom is -0.0648 e. The Labute approximate surface area is 65.0 Å². The van der Waals surface area contributed by atoms with Gasteiger partial charge in [0, 0.05) is 0 Å². The molecule has 10 heavy (non-hydrogen) atoms. The van der Waals surface area contributed by atoms with E-state index in [0.717, 1.165) is 0 Å². The topological polar surface area (TPSA) is 0 Å². The van der Waals surface area contributed by atoms with Crippen LogP contribution in [0.1, 0.15) is 53.4 Å². The molecule has 0 N–H and O–H groups in total. The summed E-state index contributed by atoms with van der Waals surface area (Å²) in [6.45, 7) is 9.54. The average Bonchev–Trinajstić information content (AvgIpc) is 1.99. The zero-order chi connectivity index (χ0) is 7.83. The monoisotopic (exact) mass is 140 g/mol. The third-order valence-corrected chi connectivity index (χ3v) is 4.25. The smallest absolute Gasteiger partial charge is 0.0274 e. The Bertz CT molecular complexity index is 104. The van der Waals surface area contributed by atoms with Crippen LogP contribution < -0.4 is 0 Å². The molecule has 0 spiro atoms. The minimum absolute atomic E-state index is 0.668. The first-order valence-electron chi connectivity index (χ1n) is 4.58. The van der Waals surface area contributed by atoms with Gasteiger partial charge < -0.3 is 0 Å². The SMILES string of the molecule is CC[C@@]1(C)CC[C@@]1(C)CC.